The van der Waals surface area contributed by atoms with E-state index in [1.54, 1.807) is 7.11 Å². The van der Waals surface area contributed by atoms with Crippen molar-refractivity contribution in [1.82, 2.24) is 4.90 Å². The Kier molecular flexibility index (Phi) is 8.24. The third-order valence-corrected chi connectivity index (χ3v) is 3.84. The van der Waals surface area contributed by atoms with E-state index in [-0.39, 0.29) is 30.5 Å². The van der Waals surface area contributed by atoms with Gasteiger partial charge in [0.15, 0.2) is 0 Å². The Morgan fingerprint density at radius 3 is 2.50 bits per heavy atom. The number of nitrogens with zero attached hydrogens (tertiary/aromatic N) is 1. The first-order chi connectivity index (χ1) is 10.2. The SMILES string of the molecule is COC(CN)CC(=O)N1CCC(Oc2ccccc2)CC1.Cl. The molecule has 0 aromatic heterocycles. The van der Waals surface area contributed by atoms with E-state index in [0.717, 1.165) is 31.7 Å². The summed E-state index contributed by atoms with van der Waals surface area (Å²) in [5, 5.41) is 0. The van der Waals surface area contributed by atoms with Gasteiger partial charge in [0.05, 0.1) is 12.5 Å². The molecule has 1 aromatic rings. The number of piperidine rings is 1. The smallest absolute Gasteiger partial charge is 0.225 e. The van der Waals surface area contributed by atoms with Crippen LogP contribution in [0.5, 0.6) is 5.75 Å². The molecule has 1 aliphatic rings. The van der Waals surface area contributed by atoms with Crippen molar-refractivity contribution in [3.63, 3.8) is 0 Å². The summed E-state index contributed by atoms with van der Waals surface area (Å²) in [4.78, 5) is 14.0. The summed E-state index contributed by atoms with van der Waals surface area (Å²) in [6.45, 7) is 1.84. The minimum Gasteiger partial charge on any atom is -0.490 e. The summed E-state index contributed by atoms with van der Waals surface area (Å²) in [6, 6.07) is 9.82. The molecular formula is C16H25ClN2O3. The Labute approximate surface area is 138 Å². The van der Waals surface area contributed by atoms with E-state index in [2.05, 4.69) is 0 Å². The van der Waals surface area contributed by atoms with Gasteiger partial charge in [0.25, 0.3) is 0 Å². The Hall–Kier alpha value is -1.30. The largest absolute Gasteiger partial charge is 0.490 e. The molecule has 1 atom stereocenters. The maximum Gasteiger partial charge on any atom is 0.225 e. The van der Waals surface area contributed by atoms with Gasteiger partial charge in [-0.15, -0.1) is 12.4 Å². The third kappa shape index (κ3) is 5.48. The second-order valence-corrected chi connectivity index (χ2v) is 5.31. The van der Waals surface area contributed by atoms with Gasteiger partial charge in [-0.3, -0.25) is 4.79 Å². The fraction of sp³-hybridized carbons (Fsp3) is 0.562. The highest BCUT2D eigenvalue weighted by atomic mass is 35.5. The van der Waals surface area contributed by atoms with Crippen molar-refractivity contribution < 1.29 is 14.3 Å². The Morgan fingerprint density at radius 1 is 1.32 bits per heavy atom. The monoisotopic (exact) mass is 328 g/mol. The average molecular weight is 329 g/mol. The first-order valence-electron chi connectivity index (χ1n) is 7.45. The molecule has 1 fully saturated rings. The number of amides is 1. The third-order valence-electron chi connectivity index (χ3n) is 3.84. The van der Waals surface area contributed by atoms with Crippen LogP contribution in [-0.2, 0) is 9.53 Å². The second kappa shape index (κ2) is 9.66. The van der Waals surface area contributed by atoms with E-state index in [4.69, 9.17) is 15.2 Å². The lowest BCUT2D eigenvalue weighted by atomic mass is 10.1. The van der Waals surface area contributed by atoms with E-state index < -0.39 is 0 Å². The van der Waals surface area contributed by atoms with Gasteiger partial charge in [-0.2, -0.15) is 0 Å². The van der Waals surface area contributed by atoms with Gasteiger partial charge >= 0.3 is 0 Å². The number of halogens is 1. The lowest BCUT2D eigenvalue weighted by Crippen LogP contribution is -2.43. The minimum atomic E-state index is -0.184. The van der Waals surface area contributed by atoms with E-state index in [1.807, 2.05) is 35.2 Å². The fourth-order valence-corrected chi connectivity index (χ4v) is 2.50. The number of carbonyl (C=O) groups is 1. The van der Waals surface area contributed by atoms with Gasteiger partial charge in [0, 0.05) is 39.6 Å². The Morgan fingerprint density at radius 2 is 1.95 bits per heavy atom. The highest BCUT2D eigenvalue weighted by Gasteiger charge is 2.25. The molecule has 0 saturated carbocycles. The van der Waals surface area contributed by atoms with Gasteiger partial charge in [-0.25, -0.2) is 0 Å². The molecule has 1 aromatic carbocycles. The molecule has 0 spiro atoms. The van der Waals surface area contributed by atoms with Gasteiger partial charge in [0.1, 0.15) is 11.9 Å². The van der Waals surface area contributed by atoms with Crippen LogP contribution in [0.25, 0.3) is 0 Å². The fourth-order valence-electron chi connectivity index (χ4n) is 2.50. The topological polar surface area (TPSA) is 64.8 Å². The van der Waals surface area contributed by atoms with Crippen LogP contribution in [0.3, 0.4) is 0 Å². The zero-order chi connectivity index (χ0) is 15.1. The molecule has 5 nitrogen and oxygen atoms in total. The Bertz CT molecular complexity index is 432. The number of hydrogen-bond acceptors (Lipinski definition) is 4. The highest BCUT2D eigenvalue weighted by molar-refractivity contribution is 5.85. The van der Waals surface area contributed by atoms with Crippen molar-refractivity contribution in [2.24, 2.45) is 5.73 Å². The van der Waals surface area contributed by atoms with E-state index in [1.165, 1.54) is 0 Å². The number of hydrogen-bond donors (Lipinski definition) is 1. The molecule has 1 unspecified atom stereocenters. The summed E-state index contributed by atoms with van der Waals surface area (Å²) in [6.07, 6.45) is 2.08. The van der Waals surface area contributed by atoms with Gasteiger partial charge in [0.2, 0.25) is 5.91 Å². The number of nitrogens with two attached hydrogens (primary N) is 1. The molecule has 124 valence electrons. The van der Waals surface area contributed by atoms with E-state index >= 15 is 0 Å². The maximum atomic E-state index is 12.1. The van der Waals surface area contributed by atoms with Gasteiger partial charge in [-0.1, -0.05) is 18.2 Å². The first-order valence-corrected chi connectivity index (χ1v) is 7.45. The van der Waals surface area contributed by atoms with Crippen LogP contribution >= 0.6 is 12.4 Å². The number of likely N-dealkylation sites (tertiary alicyclic amines) is 1. The van der Waals surface area contributed by atoms with Crippen molar-refractivity contribution >= 4 is 18.3 Å². The molecule has 0 radical (unpaired) electrons. The molecule has 1 amide bonds. The molecule has 1 aliphatic heterocycles. The zero-order valence-electron chi connectivity index (χ0n) is 12.9. The van der Waals surface area contributed by atoms with Crippen molar-refractivity contribution in [1.29, 1.82) is 0 Å². The molecule has 1 saturated heterocycles. The molecule has 2 rings (SSSR count). The summed E-state index contributed by atoms with van der Waals surface area (Å²) in [5.41, 5.74) is 5.55. The summed E-state index contributed by atoms with van der Waals surface area (Å²) < 4.78 is 11.1. The lowest BCUT2D eigenvalue weighted by Gasteiger charge is -2.32. The number of carbonyl (C=O) groups excluding carboxylic acids is 1. The normalized spacial score (nSPS) is 16.7. The summed E-state index contributed by atoms with van der Waals surface area (Å²) >= 11 is 0. The van der Waals surface area contributed by atoms with Gasteiger partial charge < -0.3 is 20.1 Å². The molecule has 2 N–H and O–H groups in total. The highest BCUT2D eigenvalue weighted by Crippen LogP contribution is 2.19. The summed E-state index contributed by atoms with van der Waals surface area (Å²) in [7, 11) is 1.59. The van der Waals surface area contributed by atoms with Crippen molar-refractivity contribution in [2.75, 3.05) is 26.7 Å². The quantitative estimate of drug-likeness (QED) is 0.865. The van der Waals surface area contributed by atoms with Crippen molar-refractivity contribution in [3.05, 3.63) is 30.3 Å². The van der Waals surface area contributed by atoms with Crippen LogP contribution in [0.4, 0.5) is 0 Å². The molecular weight excluding hydrogens is 304 g/mol. The second-order valence-electron chi connectivity index (χ2n) is 5.31. The van der Waals surface area contributed by atoms with Crippen LogP contribution in [0.1, 0.15) is 19.3 Å². The number of ether oxygens (including phenoxy) is 2. The standard InChI is InChI=1S/C16H24N2O3.ClH/c1-20-15(12-17)11-16(19)18-9-7-14(8-10-18)21-13-5-3-2-4-6-13;/h2-6,14-15H,7-12,17H2,1H3;1H. The zero-order valence-corrected chi connectivity index (χ0v) is 13.8. The van der Waals surface area contributed by atoms with Crippen LogP contribution < -0.4 is 10.5 Å². The molecule has 6 heteroatoms. The predicted octanol–water partition coefficient (Wildman–Crippen LogP) is 1.84. The lowest BCUT2D eigenvalue weighted by molar-refractivity contribution is -0.135. The number of rotatable bonds is 6. The van der Waals surface area contributed by atoms with Crippen molar-refractivity contribution in [2.45, 2.75) is 31.5 Å². The number of benzene rings is 1. The average Bonchev–Trinajstić information content (AvgIpc) is 2.54. The molecule has 0 aliphatic carbocycles. The van der Waals surface area contributed by atoms with Crippen LogP contribution in [0.2, 0.25) is 0 Å². The minimum absolute atomic E-state index is 0. The van der Waals surface area contributed by atoms with Crippen LogP contribution in [0.15, 0.2) is 30.3 Å². The maximum absolute atomic E-state index is 12.1. The molecule has 0 bridgehead atoms. The predicted molar refractivity (Wildman–Crippen MR) is 88.4 cm³/mol. The first kappa shape index (κ1) is 18.7. The number of methoxy groups -OCH3 is 1. The van der Waals surface area contributed by atoms with E-state index in [0.29, 0.717) is 13.0 Å². The number of para-hydroxylation sites is 1. The van der Waals surface area contributed by atoms with Crippen LogP contribution in [-0.4, -0.2) is 49.8 Å². The summed E-state index contributed by atoms with van der Waals surface area (Å²) in [5.74, 6) is 1.01. The molecule has 1 heterocycles. The molecule has 22 heavy (non-hydrogen) atoms. The van der Waals surface area contributed by atoms with Crippen LogP contribution in [0, 0.1) is 0 Å². The Balaban J connectivity index is 0.00000242. The van der Waals surface area contributed by atoms with E-state index in [9.17, 15) is 4.79 Å². The van der Waals surface area contributed by atoms with Crippen molar-refractivity contribution in [3.8, 4) is 5.75 Å². The van der Waals surface area contributed by atoms with Gasteiger partial charge in [-0.05, 0) is 12.1 Å².